The molecule has 0 aromatic heterocycles. The molecule has 4 aliphatic carbocycles. The highest BCUT2D eigenvalue weighted by Gasteiger charge is 2.57. The fourth-order valence-corrected chi connectivity index (χ4v) is 7.32. The van der Waals surface area contributed by atoms with Crippen molar-refractivity contribution in [3.05, 3.63) is 34.9 Å². The normalized spacial score (nSPS) is 44.0. The van der Waals surface area contributed by atoms with Crippen LogP contribution in [0.5, 0.6) is 0 Å². The van der Waals surface area contributed by atoms with E-state index in [1.807, 2.05) is 13.8 Å². The van der Waals surface area contributed by atoms with E-state index in [0.29, 0.717) is 24.7 Å². The van der Waals surface area contributed by atoms with Crippen LogP contribution in [0.25, 0.3) is 0 Å². The Labute approximate surface area is 181 Å². The summed E-state index contributed by atoms with van der Waals surface area (Å²) in [6.07, 6.45) is 10.4. The number of fused-ring (bicyclic) bond motifs is 5. The van der Waals surface area contributed by atoms with Crippen LogP contribution >= 0.6 is 12.6 Å². The number of aliphatic hydroxyl groups excluding tert-OH is 2. The molecule has 0 bridgehead atoms. The van der Waals surface area contributed by atoms with Crippen molar-refractivity contribution in [2.24, 2.45) is 28.6 Å². The quantitative estimate of drug-likeness (QED) is 0.405. The predicted molar refractivity (Wildman–Crippen MR) is 121 cm³/mol. The van der Waals surface area contributed by atoms with Crippen LogP contribution in [0.1, 0.15) is 66.7 Å². The van der Waals surface area contributed by atoms with Crippen LogP contribution in [0.4, 0.5) is 0 Å². The summed E-state index contributed by atoms with van der Waals surface area (Å²) in [5.41, 5.74) is 3.17. The molecule has 2 fully saturated rings. The molecule has 29 heavy (non-hydrogen) atoms. The highest BCUT2D eigenvalue weighted by atomic mass is 32.1. The lowest BCUT2D eigenvalue weighted by molar-refractivity contribution is -0.0494. The molecule has 0 aliphatic heterocycles. The van der Waals surface area contributed by atoms with Gasteiger partial charge in [-0.25, -0.2) is 0 Å². The molecular weight excluding hydrogens is 380 g/mol. The van der Waals surface area contributed by atoms with Crippen LogP contribution in [0.2, 0.25) is 0 Å². The second kappa shape index (κ2) is 6.98. The molecule has 0 aromatic carbocycles. The van der Waals surface area contributed by atoms with Gasteiger partial charge in [0.25, 0.3) is 0 Å². The van der Waals surface area contributed by atoms with Gasteiger partial charge in [-0.2, -0.15) is 12.6 Å². The lowest BCUT2D eigenvalue weighted by Gasteiger charge is -2.56. The number of allylic oxidation sites excluding steroid dienone is 5. The van der Waals surface area contributed by atoms with Crippen molar-refractivity contribution in [1.82, 2.24) is 0 Å². The van der Waals surface area contributed by atoms with E-state index in [1.165, 1.54) is 16.7 Å². The third-order valence-corrected chi connectivity index (χ3v) is 10.1. The van der Waals surface area contributed by atoms with Gasteiger partial charge in [0.15, 0.2) is 0 Å². The van der Waals surface area contributed by atoms with E-state index in [0.717, 1.165) is 19.3 Å². The van der Waals surface area contributed by atoms with Gasteiger partial charge in [-0.3, -0.25) is 0 Å². The Bertz CT molecular complexity index is 775. The topological polar surface area (TPSA) is 60.7 Å². The van der Waals surface area contributed by atoms with E-state index in [1.54, 1.807) is 0 Å². The van der Waals surface area contributed by atoms with Gasteiger partial charge in [0.05, 0.1) is 17.8 Å². The average molecular weight is 419 g/mol. The van der Waals surface area contributed by atoms with Crippen LogP contribution in [-0.4, -0.2) is 38.4 Å². The molecule has 8 atom stereocenters. The molecular formula is C25H38O3S. The van der Waals surface area contributed by atoms with Crippen molar-refractivity contribution < 1.29 is 15.3 Å². The first kappa shape index (κ1) is 21.7. The Balaban J connectivity index is 1.66. The molecule has 0 aromatic rings. The van der Waals surface area contributed by atoms with E-state index in [-0.39, 0.29) is 22.0 Å². The zero-order chi connectivity index (χ0) is 21.4. The first-order valence-electron chi connectivity index (χ1n) is 11.3. The van der Waals surface area contributed by atoms with Crippen LogP contribution in [-0.2, 0) is 0 Å². The van der Waals surface area contributed by atoms with Crippen LogP contribution < -0.4 is 0 Å². The van der Waals surface area contributed by atoms with Gasteiger partial charge in [-0.05, 0) is 62.7 Å². The monoisotopic (exact) mass is 418 g/mol. The number of hydrogen-bond donors (Lipinski definition) is 4. The molecule has 4 aliphatic rings. The largest absolute Gasteiger partial charge is 0.393 e. The van der Waals surface area contributed by atoms with Crippen molar-refractivity contribution in [3.63, 3.8) is 0 Å². The van der Waals surface area contributed by atoms with E-state index in [9.17, 15) is 15.3 Å². The number of aliphatic hydroxyl groups is 3. The second-order valence-corrected chi connectivity index (χ2v) is 11.7. The van der Waals surface area contributed by atoms with Crippen molar-refractivity contribution in [2.75, 3.05) is 0 Å². The summed E-state index contributed by atoms with van der Waals surface area (Å²) in [6, 6.07) is 0. The van der Waals surface area contributed by atoms with Gasteiger partial charge < -0.3 is 15.3 Å². The maximum atomic E-state index is 11.0. The summed E-state index contributed by atoms with van der Waals surface area (Å²) in [6.45, 7) is 10.5. The molecule has 2 saturated carbocycles. The van der Waals surface area contributed by atoms with Gasteiger partial charge in [0.2, 0.25) is 0 Å². The third-order valence-electron chi connectivity index (χ3n) is 8.98. The molecule has 162 valence electrons. The summed E-state index contributed by atoms with van der Waals surface area (Å²) >= 11 is 4.79. The summed E-state index contributed by atoms with van der Waals surface area (Å²) in [4.78, 5) is 0. The minimum atomic E-state index is -0.822. The highest BCUT2D eigenvalue weighted by Crippen LogP contribution is 2.64. The SMILES string of the molecule is CC(C1=CC[C@H]2C3=CC=C4CC(O)CC(O)[C@]4(C)[C@H]3CC[C@]12C)C(S)C(C)(C)O. The zero-order valence-corrected chi connectivity index (χ0v) is 19.4. The van der Waals surface area contributed by atoms with Gasteiger partial charge >= 0.3 is 0 Å². The first-order valence-corrected chi connectivity index (χ1v) is 11.8. The minimum absolute atomic E-state index is 0.0921. The molecule has 3 N–H and O–H groups in total. The molecule has 0 amide bonds. The molecule has 0 heterocycles. The van der Waals surface area contributed by atoms with Crippen LogP contribution in [0, 0.1) is 28.6 Å². The van der Waals surface area contributed by atoms with Crippen molar-refractivity contribution >= 4 is 12.6 Å². The van der Waals surface area contributed by atoms with E-state index in [2.05, 4.69) is 39.0 Å². The molecule has 4 heteroatoms. The van der Waals surface area contributed by atoms with Crippen molar-refractivity contribution in [2.45, 2.75) is 89.8 Å². The number of rotatable bonds is 3. The summed E-state index contributed by atoms with van der Waals surface area (Å²) < 4.78 is 0. The average Bonchev–Trinajstić information content (AvgIpc) is 2.98. The molecule has 0 saturated heterocycles. The fraction of sp³-hybridized carbons (Fsp3) is 0.760. The molecule has 0 spiro atoms. The third kappa shape index (κ3) is 3.12. The highest BCUT2D eigenvalue weighted by molar-refractivity contribution is 7.81. The predicted octanol–water partition coefficient (Wildman–Crippen LogP) is 4.44. The second-order valence-electron chi connectivity index (χ2n) is 11.1. The Morgan fingerprint density at radius 3 is 2.52 bits per heavy atom. The van der Waals surface area contributed by atoms with Gasteiger partial charge in [-0.15, -0.1) is 0 Å². The smallest absolute Gasteiger partial charge is 0.0713 e. The van der Waals surface area contributed by atoms with Crippen LogP contribution in [0.3, 0.4) is 0 Å². The first-order chi connectivity index (χ1) is 13.4. The molecule has 4 rings (SSSR count). The molecule has 3 nitrogen and oxygen atoms in total. The van der Waals surface area contributed by atoms with Gasteiger partial charge in [-0.1, -0.05) is 55.7 Å². The molecule has 4 unspecified atom stereocenters. The number of hydrogen-bond acceptors (Lipinski definition) is 4. The van der Waals surface area contributed by atoms with Gasteiger partial charge in [0.1, 0.15) is 0 Å². The minimum Gasteiger partial charge on any atom is -0.393 e. The van der Waals surface area contributed by atoms with E-state index in [4.69, 9.17) is 12.6 Å². The van der Waals surface area contributed by atoms with Gasteiger partial charge in [0, 0.05) is 17.1 Å². The summed E-state index contributed by atoms with van der Waals surface area (Å²) in [5.74, 6) is 1.02. The maximum Gasteiger partial charge on any atom is 0.0713 e. The van der Waals surface area contributed by atoms with Crippen LogP contribution in [0.15, 0.2) is 34.9 Å². The molecule has 0 radical (unpaired) electrons. The van der Waals surface area contributed by atoms with Crippen molar-refractivity contribution in [1.29, 1.82) is 0 Å². The van der Waals surface area contributed by atoms with Crippen molar-refractivity contribution in [3.8, 4) is 0 Å². The fourth-order valence-electron chi connectivity index (χ4n) is 7.16. The lowest BCUT2D eigenvalue weighted by atomic mass is 9.49. The van der Waals surface area contributed by atoms with E-state index < -0.39 is 17.8 Å². The maximum absolute atomic E-state index is 11.0. The Morgan fingerprint density at radius 1 is 1.17 bits per heavy atom. The summed E-state index contributed by atoms with van der Waals surface area (Å²) in [7, 11) is 0. The Kier molecular flexibility index (Phi) is 5.22. The Morgan fingerprint density at radius 2 is 1.86 bits per heavy atom. The number of thiol groups is 1. The van der Waals surface area contributed by atoms with E-state index >= 15 is 0 Å². The Hall–Kier alpha value is -0.550. The standard InChI is InChI=1S/C25H38O3S/c1-14(22(29)23(2,3)28)18-8-9-19-17-7-6-15-12-16(26)13-21(27)25(15,5)20(17)10-11-24(18,19)4/h6-8,14,16,19-22,26-29H,9-13H2,1-5H3/t14?,16?,19-,20-,21?,22?,24+,25-/m0/s1. The lowest BCUT2D eigenvalue weighted by Crippen LogP contribution is -2.52. The zero-order valence-electron chi connectivity index (χ0n) is 18.5. The summed E-state index contributed by atoms with van der Waals surface area (Å²) in [5, 5.41) is 31.6.